The third-order valence-corrected chi connectivity index (χ3v) is 4.30. The number of nitrogens with one attached hydrogen (secondary N) is 2. The number of benzene rings is 2. The molecule has 0 bridgehead atoms. The molecule has 0 aliphatic carbocycles. The molecule has 1 heterocycles. The fourth-order valence-electron chi connectivity index (χ4n) is 2.23. The number of carbonyl (C=O) groups is 1. The minimum atomic E-state index is -0.576. The number of anilines is 1. The molecule has 3 aromatic rings. The maximum atomic E-state index is 12.3. The highest BCUT2D eigenvalue weighted by molar-refractivity contribution is 6.35. The van der Waals surface area contributed by atoms with Gasteiger partial charge in [0.2, 0.25) is 0 Å². The Bertz CT molecular complexity index is 998. The first-order chi connectivity index (χ1) is 11.9. The highest BCUT2D eigenvalue weighted by Gasteiger charge is 2.13. The minimum absolute atomic E-state index is 0.0336. The summed E-state index contributed by atoms with van der Waals surface area (Å²) < 4.78 is 0. The van der Waals surface area contributed by atoms with Crippen LogP contribution in [0.3, 0.4) is 0 Å². The standard InChI is InChI=1S/C18H11Cl3N2O2/c19-11-3-1-10(2-4-11)15-8-6-13(17(24)22-15)18(25)23-16-9-12(20)5-7-14(16)21/h1-9H,(H,22,24)(H,23,25). The minimum Gasteiger partial charge on any atom is -0.321 e. The summed E-state index contributed by atoms with van der Waals surface area (Å²) in [7, 11) is 0. The summed E-state index contributed by atoms with van der Waals surface area (Å²) in [6.07, 6.45) is 0. The Morgan fingerprint density at radius 2 is 1.56 bits per heavy atom. The van der Waals surface area contributed by atoms with Gasteiger partial charge in [0.05, 0.1) is 10.7 Å². The normalized spacial score (nSPS) is 10.5. The summed E-state index contributed by atoms with van der Waals surface area (Å²) in [5.74, 6) is -0.576. The molecule has 0 saturated carbocycles. The van der Waals surface area contributed by atoms with Crippen LogP contribution in [0, 0.1) is 0 Å². The van der Waals surface area contributed by atoms with Crippen molar-refractivity contribution >= 4 is 46.4 Å². The fraction of sp³-hybridized carbons (Fsp3) is 0. The highest BCUT2D eigenvalue weighted by Crippen LogP contribution is 2.26. The van der Waals surface area contributed by atoms with Gasteiger partial charge in [-0.15, -0.1) is 0 Å². The van der Waals surface area contributed by atoms with E-state index in [0.29, 0.717) is 26.4 Å². The van der Waals surface area contributed by atoms with Gasteiger partial charge in [0, 0.05) is 15.7 Å². The number of aromatic nitrogens is 1. The first-order valence-corrected chi connectivity index (χ1v) is 8.33. The maximum Gasteiger partial charge on any atom is 0.261 e. The summed E-state index contributed by atoms with van der Waals surface area (Å²) in [5.41, 5.74) is 1.16. The van der Waals surface area contributed by atoms with Crippen molar-refractivity contribution in [1.82, 2.24) is 4.98 Å². The maximum absolute atomic E-state index is 12.3. The van der Waals surface area contributed by atoms with E-state index in [1.807, 2.05) is 0 Å². The molecule has 0 aliphatic rings. The SMILES string of the molecule is O=C(Nc1cc(Cl)ccc1Cl)c1ccc(-c2ccc(Cl)cc2)[nH]c1=O. The third-order valence-electron chi connectivity index (χ3n) is 3.49. The Kier molecular flexibility index (Phi) is 5.13. The van der Waals surface area contributed by atoms with E-state index in [9.17, 15) is 9.59 Å². The van der Waals surface area contributed by atoms with Gasteiger partial charge in [-0.25, -0.2) is 0 Å². The highest BCUT2D eigenvalue weighted by atomic mass is 35.5. The third kappa shape index (κ3) is 4.04. The molecule has 0 unspecified atom stereocenters. The number of hydrogen-bond donors (Lipinski definition) is 2. The zero-order valence-electron chi connectivity index (χ0n) is 12.6. The van der Waals surface area contributed by atoms with E-state index in [4.69, 9.17) is 34.8 Å². The zero-order chi connectivity index (χ0) is 18.0. The van der Waals surface area contributed by atoms with Crippen LogP contribution in [0.15, 0.2) is 59.4 Å². The summed E-state index contributed by atoms with van der Waals surface area (Å²) in [6.45, 7) is 0. The van der Waals surface area contributed by atoms with Crippen LogP contribution in [0.1, 0.15) is 10.4 Å². The average Bonchev–Trinajstić information content (AvgIpc) is 2.58. The van der Waals surface area contributed by atoms with Crippen LogP contribution in [0.2, 0.25) is 15.1 Å². The summed E-state index contributed by atoms with van der Waals surface area (Å²) >= 11 is 17.8. The molecule has 0 radical (unpaired) electrons. The van der Waals surface area contributed by atoms with E-state index in [1.165, 1.54) is 12.1 Å². The number of hydrogen-bond acceptors (Lipinski definition) is 2. The topological polar surface area (TPSA) is 62.0 Å². The van der Waals surface area contributed by atoms with Gasteiger partial charge in [0.25, 0.3) is 11.5 Å². The van der Waals surface area contributed by atoms with E-state index < -0.39 is 11.5 Å². The van der Waals surface area contributed by atoms with Crippen LogP contribution in [0.5, 0.6) is 0 Å². The lowest BCUT2D eigenvalue weighted by Crippen LogP contribution is -2.23. The molecule has 0 atom stereocenters. The van der Waals surface area contributed by atoms with Crippen LogP contribution < -0.4 is 10.9 Å². The van der Waals surface area contributed by atoms with E-state index in [1.54, 1.807) is 42.5 Å². The van der Waals surface area contributed by atoms with Gasteiger partial charge in [-0.05, 0) is 48.0 Å². The van der Waals surface area contributed by atoms with Crippen molar-refractivity contribution in [3.8, 4) is 11.3 Å². The molecule has 0 aliphatic heterocycles. The van der Waals surface area contributed by atoms with Gasteiger partial charge < -0.3 is 10.3 Å². The lowest BCUT2D eigenvalue weighted by Gasteiger charge is -2.08. The molecule has 1 aromatic heterocycles. The second-order valence-corrected chi connectivity index (χ2v) is 6.48. The first kappa shape index (κ1) is 17.5. The van der Waals surface area contributed by atoms with E-state index in [2.05, 4.69) is 10.3 Å². The molecule has 2 aromatic carbocycles. The summed E-state index contributed by atoms with van der Waals surface area (Å²) in [6, 6.07) is 14.8. The molecule has 4 nitrogen and oxygen atoms in total. The van der Waals surface area contributed by atoms with Crippen LogP contribution in [0.4, 0.5) is 5.69 Å². The van der Waals surface area contributed by atoms with E-state index in [-0.39, 0.29) is 5.56 Å². The van der Waals surface area contributed by atoms with Crippen LogP contribution in [-0.2, 0) is 0 Å². The van der Waals surface area contributed by atoms with Gasteiger partial charge in [-0.3, -0.25) is 9.59 Å². The number of H-pyrrole nitrogens is 1. The van der Waals surface area contributed by atoms with Crippen molar-refractivity contribution in [1.29, 1.82) is 0 Å². The second-order valence-electron chi connectivity index (χ2n) is 5.20. The molecule has 25 heavy (non-hydrogen) atoms. The predicted octanol–water partition coefficient (Wildman–Crippen LogP) is 5.25. The molecule has 2 N–H and O–H groups in total. The monoisotopic (exact) mass is 392 g/mol. The van der Waals surface area contributed by atoms with Gasteiger partial charge >= 0.3 is 0 Å². The average molecular weight is 394 g/mol. The van der Waals surface area contributed by atoms with Gasteiger partial charge in [0.1, 0.15) is 5.56 Å². The quantitative estimate of drug-likeness (QED) is 0.638. The second kappa shape index (κ2) is 7.31. The van der Waals surface area contributed by atoms with E-state index in [0.717, 1.165) is 5.56 Å². The molecular formula is C18H11Cl3N2O2. The number of halogens is 3. The Morgan fingerprint density at radius 1 is 0.880 bits per heavy atom. The van der Waals surface area contributed by atoms with Gasteiger partial charge in [0.15, 0.2) is 0 Å². The van der Waals surface area contributed by atoms with E-state index >= 15 is 0 Å². The zero-order valence-corrected chi connectivity index (χ0v) is 14.9. The van der Waals surface area contributed by atoms with Crippen LogP contribution in [0.25, 0.3) is 11.3 Å². The molecular weight excluding hydrogens is 383 g/mol. The fourth-order valence-corrected chi connectivity index (χ4v) is 2.70. The largest absolute Gasteiger partial charge is 0.321 e. The Labute approximate surface area is 158 Å². The van der Waals surface area contributed by atoms with Gasteiger partial charge in [-0.1, -0.05) is 46.9 Å². The molecule has 7 heteroatoms. The van der Waals surface area contributed by atoms with Crippen molar-refractivity contribution < 1.29 is 4.79 Å². The lowest BCUT2D eigenvalue weighted by molar-refractivity contribution is 0.102. The van der Waals surface area contributed by atoms with Crippen molar-refractivity contribution in [2.75, 3.05) is 5.32 Å². The number of amides is 1. The van der Waals surface area contributed by atoms with Crippen molar-refractivity contribution in [3.63, 3.8) is 0 Å². The smallest absolute Gasteiger partial charge is 0.261 e. The molecule has 0 spiro atoms. The molecule has 3 rings (SSSR count). The molecule has 0 saturated heterocycles. The van der Waals surface area contributed by atoms with Crippen molar-refractivity contribution in [2.45, 2.75) is 0 Å². The summed E-state index contributed by atoms with van der Waals surface area (Å²) in [4.78, 5) is 27.3. The van der Waals surface area contributed by atoms with Crippen molar-refractivity contribution in [2.24, 2.45) is 0 Å². The number of carbonyl (C=O) groups excluding carboxylic acids is 1. The van der Waals surface area contributed by atoms with Gasteiger partial charge in [-0.2, -0.15) is 0 Å². The first-order valence-electron chi connectivity index (χ1n) is 7.20. The molecule has 0 fully saturated rings. The lowest BCUT2D eigenvalue weighted by atomic mass is 10.1. The number of aromatic amines is 1. The number of rotatable bonds is 3. The van der Waals surface area contributed by atoms with Crippen molar-refractivity contribution in [3.05, 3.63) is 85.6 Å². The Hall–Kier alpha value is -2.27. The van der Waals surface area contributed by atoms with Crippen LogP contribution >= 0.6 is 34.8 Å². The predicted molar refractivity (Wildman–Crippen MR) is 102 cm³/mol. The van der Waals surface area contributed by atoms with Crippen LogP contribution in [-0.4, -0.2) is 10.9 Å². The Morgan fingerprint density at radius 3 is 2.24 bits per heavy atom. The molecule has 1 amide bonds. The molecule has 126 valence electrons. The Balaban J connectivity index is 1.88. The number of pyridine rings is 1. The summed E-state index contributed by atoms with van der Waals surface area (Å²) in [5, 5.41) is 3.93.